The third-order valence-corrected chi connectivity index (χ3v) is 3.35. The van der Waals surface area contributed by atoms with Crippen molar-refractivity contribution in [3.63, 3.8) is 0 Å². The van der Waals surface area contributed by atoms with E-state index in [0.717, 1.165) is 5.56 Å². The Morgan fingerprint density at radius 2 is 1.82 bits per heavy atom. The van der Waals surface area contributed by atoms with Crippen molar-refractivity contribution in [3.05, 3.63) is 40.2 Å². The fourth-order valence-corrected chi connectivity index (χ4v) is 2.18. The summed E-state index contributed by atoms with van der Waals surface area (Å²) in [4.78, 5) is 3.57. The van der Waals surface area contributed by atoms with Crippen molar-refractivity contribution in [2.75, 3.05) is 0 Å². The van der Waals surface area contributed by atoms with Gasteiger partial charge in [-0.3, -0.25) is 0 Å². The van der Waals surface area contributed by atoms with E-state index in [-0.39, 0.29) is 0 Å². The molecule has 0 atom stereocenters. The van der Waals surface area contributed by atoms with Gasteiger partial charge in [0.2, 0.25) is 0 Å². The maximum absolute atomic E-state index is 12.4. The summed E-state index contributed by atoms with van der Waals surface area (Å²) in [5.74, 6) is 0.380. The number of aromatic nitrogens is 1. The average Bonchev–Trinajstić information content (AvgIpc) is 2.78. The summed E-state index contributed by atoms with van der Waals surface area (Å²) in [6.07, 6.45) is -4.38. The van der Waals surface area contributed by atoms with Crippen LogP contribution in [0.25, 0.3) is 11.3 Å². The zero-order valence-corrected chi connectivity index (χ0v) is 10.0. The lowest BCUT2D eigenvalue weighted by Gasteiger charge is -2.00. The Balaban J connectivity index is 2.30. The molecule has 2 aromatic rings. The summed E-state index contributed by atoms with van der Waals surface area (Å²) in [5, 5.41) is 0.576. The molecule has 1 heterocycles. The van der Waals surface area contributed by atoms with E-state index in [1.165, 1.54) is 5.38 Å². The minimum absolute atomic E-state index is 0.337. The van der Waals surface area contributed by atoms with Gasteiger partial charge in [-0.25, -0.2) is 4.98 Å². The summed E-state index contributed by atoms with van der Waals surface area (Å²) in [7, 11) is 0. The molecule has 0 aliphatic carbocycles. The molecule has 0 spiro atoms. The van der Waals surface area contributed by atoms with Crippen LogP contribution in [0.3, 0.4) is 0 Å². The molecule has 0 N–H and O–H groups in total. The lowest BCUT2D eigenvalue weighted by atomic mass is 10.1. The van der Waals surface area contributed by atoms with Crippen molar-refractivity contribution in [3.8, 4) is 11.3 Å². The third-order valence-electron chi connectivity index (χ3n) is 2.15. The van der Waals surface area contributed by atoms with E-state index < -0.39 is 11.2 Å². The van der Waals surface area contributed by atoms with Crippen molar-refractivity contribution in [1.82, 2.24) is 4.98 Å². The van der Waals surface area contributed by atoms with Crippen molar-refractivity contribution in [1.29, 1.82) is 0 Å². The van der Waals surface area contributed by atoms with Crippen LogP contribution in [0, 0.1) is 0 Å². The third kappa shape index (κ3) is 2.79. The molecule has 0 saturated carbocycles. The second kappa shape index (κ2) is 4.66. The molecule has 0 aliphatic rings. The van der Waals surface area contributed by atoms with Crippen LogP contribution in [0.5, 0.6) is 0 Å². The lowest BCUT2D eigenvalue weighted by molar-refractivity contribution is -0.137. The van der Waals surface area contributed by atoms with Crippen molar-refractivity contribution in [2.45, 2.75) is 12.1 Å². The molecule has 0 saturated heterocycles. The monoisotopic (exact) mass is 277 g/mol. The second-order valence-electron chi connectivity index (χ2n) is 3.37. The molecule has 0 aliphatic heterocycles. The average molecular weight is 278 g/mol. The molecule has 1 aromatic heterocycles. The van der Waals surface area contributed by atoms with Gasteiger partial charge >= 0.3 is 6.18 Å². The Kier molecular flexibility index (Phi) is 3.40. The minimum atomic E-state index is -4.38. The van der Waals surface area contributed by atoms with Gasteiger partial charge in [-0.2, -0.15) is 13.2 Å². The van der Waals surface area contributed by atoms with E-state index in [0.29, 0.717) is 28.5 Å². The van der Waals surface area contributed by atoms with Gasteiger partial charge in [0.1, 0.15) is 0 Å². The molecule has 0 bridgehead atoms. The molecular weight excluding hydrogens is 271 g/mol. The Bertz CT molecular complexity index is 504. The van der Waals surface area contributed by atoms with E-state index in [2.05, 4.69) is 4.98 Å². The van der Waals surface area contributed by atoms with E-state index in [1.807, 2.05) is 0 Å². The highest BCUT2D eigenvalue weighted by Gasteiger charge is 2.34. The largest absolute Gasteiger partial charge is 0.443 e. The molecule has 1 aromatic carbocycles. The van der Waals surface area contributed by atoms with Gasteiger partial charge in [0, 0.05) is 16.8 Å². The first-order chi connectivity index (χ1) is 8.00. The zero-order chi connectivity index (χ0) is 12.5. The van der Waals surface area contributed by atoms with Gasteiger partial charge in [-0.15, -0.1) is 22.9 Å². The maximum atomic E-state index is 12.4. The van der Waals surface area contributed by atoms with Crippen LogP contribution in [0.4, 0.5) is 13.2 Å². The Labute approximate surface area is 105 Å². The topological polar surface area (TPSA) is 12.9 Å². The molecule has 2 rings (SSSR count). The first-order valence-corrected chi connectivity index (χ1v) is 6.10. The molecule has 0 radical (unpaired) electrons. The van der Waals surface area contributed by atoms with Crippen LogP contribution in [-0.4, -0.2) is 4.98 Å². The number of nitrogens with zero attached hydrogens (tertiary/aromatic N) is 1. The highest BCUT2D eigenvalue weighted by atomic mass is 35.5. The number of halogens is 4. The summed E-state index contributed by atoms with van der Waals surface area (Å²) >= 11 is 6.23. The molecule has 90 valence electrons. The van der Waals surface area contributed by atoms with Gasteiger partial charge in [-0.05, 0) is 5.56 Å². The summed E-state index contributed by atoms with van der Waals surface area (Å²) in [6.45, 7) is 0. The van der Waals surface area contributed by atoms with E-state index in [4.69, 9.17) is 11.6 Å². The van der Waals surface area contributed by atoms with Crippen molar-refractivity contribution < 1.29 is 13.2 Å². The van der Waals surface area contributed by atoms with Crippen LogP contribution in [0.15, 0.2) is 29.6 Å². The van der Waals surface area contributed by atoms with Crippen molar-refractivity contribution in [2.24, 2.45) is 0 Å². The first-order valence-electron chi connectivity index (χ1n) is 4.68. The Hall–Kier alpha value is -1.07. The van der Waals surface area contributed by atoms with E-state index >= 15 is 0 Å². The number of alkyl halides is 4. The number of rotatable bonds is 2. The summed E-state index contributed by atoms with van der Waals surface area (Å²) in [6, 6.07) is 6.98. The summed E-state index contributed by atoms with van der Waals surface area (Å²) < 4.78 is 37.1. The molecule has 0 unspecified atom stereocenters. The number of thiazole rings is 1. The molecule has 0 amide bonds. The van der Waals surface area contributed by atoms with Gasteiger partial charge in [0.15, 0.2) is 5.01 Å². The van der Waals surface area contributed by atoms with E-state index in [9.17, 15) is 13.2 Å². The molecular formula is C11H7ClF3NS. The molecule has 1 nitrogen and oxygen atoms in total. The lowest BCUT2D eigenvalue weighted by Crippen LogP contribution is -2.03. The van der Waals surface area contributed by atoms with Crippen LogP contribution in [0.2, 0.25) is 0 Å². The number of hydrogen-bond acceptors (Lipinski definition) is 2. The Morgan fingerprint density at radius 1 is 1.18 bits per heavy atom. The van der Waals surface area contributed by atoms with Crippen LogP contribution < -0.4 is 0 Å². The van der Waals surface area contributed by atoms with Crippen molar-refractivity contribution >= 4 is 22.9 Å². The highest BCUT2D eigenvalue weighted by molar-refractivity contribution is 7.10. The number of hydrogen-bond donors (Lipinski definition) is 0. The minimum Gasteiger partial charge on any atom is -0.232 e. The highest BCUT2D eigenvalue weighted by Crippen LogP contribution is 2.34. The SMILES string of the molecule is FC(F)(F)c1nc(-c2ccc(CCl)cc2)cs1. The fraction of sp³-hybridized carbons (Fsp3) is 0.182. The van der Waals surface area contributed by atoms with Gasteiger partial charge in [-0.1, -0.05) is 24.3 Å². The van der Waals surface area contributed by atoms with Crippen LogP contribution in [0.1, 0.15) is 10.6 Å². The van der Waals surface area contributed by atoms with E-state index in [1.54, 1.807) is 24.3 Å². The molecule has 17 heavy (non-hydrogen) atoms. The quantitative estimate of drug-likeness (QED) is 0.733. The predicted molar refractivity (Wildman–Crippen MR) is 62.1 cm³/mol. The molecule has 0 fully saturated rings. The number of benzene rings is 1. The molecule has 6 heteroatoms. The normalized spacial score (nSPS) is 11.8. The standard InChI is InChI=1S/C11H7ClF3NS/c12-5-7-1-3-8(4-2-7)9-6-17-10(16-9)11(13,14)15/h1-4,6H,5H2. The van der Waals surface area contributed by atoms with Gasteiger partial charge < -0.3 is 0 Å². The first kappa shape index (κ1) is 12.4. The van der Waals surface area contributed by atoms with Crippen LogP contribution in [-0.2, 0) is 12.1 Å². The van der Waals surface area contributed by atoms with Gasteiger partial charge in [0.25, 0.3) is 0 Å². The second-order valence-corrected chi connectivity index (χ2v) is 4.49. The van der Waals surface area contributed by atoms with Gasteiger partial charge in [0.05, 0.1) is 5.69 Å². The predicted octanol–water partition coefficient (Wildman–Crippen LogP) is 4.57. The fourth-order valence-electron chi connectivity index (χ4n) is 1.30. The smallest absolute Gasteiger partial charge is 0.232 e. The Morgan fingerprint density at radius 3 is 2.29 bits per heavy atom. The zero-order valence-electron chi connectivity index (χ0n) is 8.46. The summed E-state index contributed by atoms with van der Waals surface area (Å²) in [5.41, 5.74) is 1.91. The van der Waals surface area contributed by atoms with Crippen LogP contribution >= 0.6 is 22.9 Å². The maximum Gasteiger partial charge on any atom is 0.443 e.